The number of carboxylic acid groups (broad SMARTS) is 1. The van der Waals surface area contributed by atoms with Crippen molar-refractivity contribution in [2.75, 3.05) is 0 Å². The van der Waals surface area contributed by atoms with Crippen molar-refractivity contribution in [2.24, 2.45) is 5.73 Å². The van der Waals surface area contributed by atoms with E-state index in [4.69, 9.17) is 34.0 Å². The van der Waals surface area contributed by atoms with E-state index in [1.165, 1.54) is 6.07 Å². The van der Waals surface area contributed by atoms with E-state index in [9.17, 15) is 4.79 Å². The van der Waals surface area contributed by atoms with E-state index >= 15 is 0 Å². The van der Waals surface area contributed by atoms with Crippen molar-refractivity contribution < 1.29 is 9.90 Å². The van der Waals surface area contributed by atoms with Gasteiger partial charge in [0.05, 0.1) is 5.25 Å². The number of hydrogen-bond donors (Lipinski definition) is 3. The van der Waals surface area contributed by atoms with Gasteiger partial charge in [0.15, 0.2) is 0 Å². The van der Waals surface area contributed by atoms with Gasteiger partial charge in [-0.05, 0) is 17.7 Å². The van der Waals surface area contributed by atoms with Crippen LogP contribution in [0, 0.1) is 0 Å². The minimum absolute atomic E-state index is 0.360. The molecule has 0 amide bonds. The van der Waals surface area contributed by atoms with Crippen LogP contribution in [-0.4, -0.2) is 17.1 Å². The second kappa shape index (κ2) is 5.07. The van der Waals surface area contributed by atoms with E-state index in [0.29, 0.717) is 15.6 Å². The molecule has 0 saturated carbocycles. The molecule has 1 aromatic carbocycles. The maximum absolute atomic E-state index is 10.6. The predicted octanol–water partition coefficient (Wildman–Crippen LogP) is 2.38. The minimum Gasteiger partial charge on any atom is -0.480 e. The predicted molar refractivity (Wildman–Crippen MR) is 63.8 cm³/mol. The SMILES string of the molecule is NC(C(=O)O)C(S)c1ccc(Cl)cc1Cl. The lowest BCUT2D eigenvalue weighted by Crippen LogP contribution is -2.34. The highest BCUT2D eigenvalue weighted by molar-refractivity contribution is 7.80. The molecule has 82 valence electrons. The number of halogens is 2. The summed E-state index contributed by atoms with van der Waals surface area (Å²) in [6.45, 7) is 0. The van der Waals surface area contributed by atoms with Gasteiger partial charge in [-0.3, -0.25) is 4.79 Å². The van der Waals surface area contributed by atoms with Crippen LogP contribution < -0.4 is 5.73 Å². The maximum Gasteiger partial charge on any atom is 0.321 e. The molecule has 3 nitrogen and oxygen atoms in total. The summed E-state index contributed by atoms with van der Waals surface area (Å²) >= 11 is 15.7. The summed E-state index contributed by atoms with van der Waals surface area (Å²) in [5, 5.41) is 8.90. The van der Waals surface area contributed by atoms with Crippen molar-refractivity contribution in [3.05, 3.63) is 33.8 Å². The molecule has 0 spiro atoms. The minimum atomic E-state index is -1.12. The van der Waals surface area contributed by atoms with Crippen LogP contribution in [0.3, 0.4) is 0 Å². The van der Waals surface area contributed by atoms with Gasteiger partial charge in [0, 0.05) is 10.0 Å². The summed E-state index contributed by atoms with van der Waals surface area (Å²) in [7, 11) is 0. The number of benzene rings is 1. The summed E-state index contributed by atoms with van der Waals surface area (Å²) in [6, 6.07) is 3.65. The fraction of sp³-hybridized carbons (Fsp3) is 0.222. The fourth-order valence-electron chi connectivity index (χ4n) is 1.07. The van der Waals surface area contributed by atoms with E-state index in [0.717, 1.165) is 0 Å². The van der Waals surface area contributed by atoms with Crippen molar-refractivity contribution in [1.29, 1.82) is 0 Å². The Morgan fingerprint density at radius 3 is 2.53 bits per heavy atom. The molecule has 0 saturated heterocycles. The molecule has 1 aromatic rings. The Kier molecular flexibility index (Phi) is 4.28. The Morgan fingerprint density at radius 2 is 2.07 bits per heavy atom. The maximum atomic E-state index is 10.6. The molecule has 2 unspecified atom stereocenters. The van der Waals surface area contributed by atoms with Gasteiger partial charge in [-0.2, -0.15) is 12.6 Å². The number of carboxylic acids is 1. The molecular formula is C9H9Cl2NO2S. The second-order valence-corrected chi connectivity index (χ2v) is 4.37. The van der Waals surface area contributed by atoms with Crippen LogP contribution in [0.4, 0.5) is 0 Å². The summed E-state index contributed by atoms with van der Waals surface area (Å²) in [5.74, 6) is -1.12. The zero-order chi connectivity index (χ0) is 11.6. The van der Waals surface area contributed by atoms with Crippen LogP contribution in [0.25, 0.3) is 0 Å². The van der Waals surface area contributed by atoms with Gasteiger partial charge >= 0.3 is 5.97 Å². The third-order valence-corrected chi connectivity index (χ3v) is 3.07. The lowest BCUT2D eigenvalue weighted by molar-refractivity contribution is -0.138. The van der Waals surface area contributed by atoms with Crippen LogP contribution in [0.5, 0.6) is 0 Å². The molecule has 2 atom stereocenters. The molecule has 15 heavy (non-hydrogen) atoms. The number of carbonyl (C=O) groups is 1. The van der Waals surface area contributed by atoms with Crippen LogP contribution in [0.1, 0.15) is 10.8 Å². The Labute approximate surface area is 103 Å². The smallest absolute Gasteiger partial charge is 0.321 e. The largest absolute Gasteiger partial charge is 0.480 e. The Bertz CT molecular complexity index is 386. The van der Waals surface area contributed by atoms with Gasteiger partial charge in [0.25, 0.3) is 0 Å². The summed E-state index contributed by atoms with van der Waals surface area (Å²) in [5.41, 5.74) is 5.99. The van der Waals surface area contributed by atoms with E-state index in [1.54, 1.807) is 12.1 Å². The Balaban J connectivity index is 3.01. The van der Waals surface area contributed by atoms with Crippen molar-refractivity contribution in [3.8, 4) is 0 Å². The average Bonchev–Trinajstić information content (AvgIpc) is 2.15. The zero-order valence-electron chi connectivity index (χ0n) is 7.52. The van der Waals surface area contributed by atoms with E-state index in [2.05, 4.69) is 12.6 Å². The van der Waals surface area contributed by atoms with Gasteiger partial charge in [-0.25, -0.2) is 0 Å². The highest BCUT2D eigenvalue weighted by Crippen LogP contribution is 2.31. The molecule has 0 bridgehead atoms. The van der Waals surface area contributed by atoms with Crippen LogP contribution in [0.15, 0.2) is 18.2 Å². The van der Waals surface area contributed by atoms with Crippen molar-refractivity contribution >= 4 is 41.8 Å². The monoisotopic (exact) mass is 265 g/mol. The zero-order valence-corrected chi connectivity index (χ0v) is 9.93. The Morgan fingerprint density at radius 1 is 1.47 bits per heavy atom. The number of rotatable bonds is 3. The van der Waals surface area contributed by atoms with Crippen molar-refractivity contribution in [2.45, 2.75) is 11.3 Å². The Hall–Kier alpha value is -0.420. The molecule has 1 rings (SSSR count). The van der Waals surface area contributed by atoms with E-state index < -0.39 is 17.3 Å². The third kappa shape index (κ3) is 3.01. The molecule has 0 aromatic heterocycles. The van der Waals surface area contributed by atoms with E-state index in [1.807, 2.05) is 0 Å². The van der Waals surface area contributed by atoms with Gasteiger partial charge in [-0.1, -0.05) is 29.3 Å². The van der Waals surface area contributed by atoms with Crippen molar-refractivity contribution in [3.63, 3.8) is 0 Å². The van der Waals surface area contributed by atoms with Gasteiger partial charge in [0.2, 0.25) is 0 Å². The lowest BCUT2D eigenvalue weighted by Gasteiger charge is -2.16. The number of thiol groups is 1. The average molecular weight is 266 g/mol. The molecular weight excluding hydrogens is 257 g/mol. The first-order valence-electron chi connectivity index (χ1n) is 4.05. The molecule has 0 radical (unpaired) electrons. The second-order valence-electron chi connectivity index (χ2n) is 2.97. The molecule has 0 aliphatic carbocycles. The normalized spacial score (nSPS) is 14.7. The van der Waals surface area contributed by atoms with E-state index in [-0.39, 0.29) is 0 Å². The first-order chi connectivity index (χ1) is 6.93. The summed E-state index contributed by atoms with van der Waals surface area (Å²) in [4.78, 5) is 10.6. The summed E-state index contributed by atoms with van der Waals surface area (Å²) < 4.78 is 0. The first kappa shape index (κ1) is 12.6. The summed E-state index contributed by atoms with van der Waals surface area (Å²) in [6.07, 6.45) is 0. The van der Waals surface area contributed by atoms with Gasteiger partial charge in [-0.15, -0.1) is 0 Å². The molecule has 6 heteroatoms. The standard InChI is InChI=1S/C9H9Cl2NO2S/c10-4-1-2-5(6(11)3-4)8(15)7(12)9(13)14/h1-3,7-8,15H,12H2,(H,13,14). The molecule has 0 heterocycles. The molecule has 0 fully saturated rings. The van der Waals surface area contributed by atoms with Crippen molar-refractivity contribution in [1.82, 2.24) is 0 Å². The third-order valence-electron chi connectivity index (χ3n) is 1.91. The van der Waals surface area contributed by atoms with Crippen LogP contribution in [0.2, 0.25) is 10.0 Å². The number of nitrogens with two attached hydrogens (primary N) is 1. The first-order valence-corrected chi connectivity index (χ1v) is 5.32. The van der Waals surface area contributed by atoms with Gasteiger partial charge in [0.1, 0.15) is 6.04 Å². The topological polar surface area (TPSA) is 63.3 Å². The highest BCUT2D eigenvalue weighted by Gasteiger charge is 2.24. The van der Waals surface area contributed by atoms with Crippen LogP contribution in [-0.2, 0) is 4.79 Å². The number of aliphatic carboxylic acids is 1. The fourth-order valence-corrected chi connectivity index (χ4v) is 2.02. The molecule has 0 aliphatic heterocycles. The number of hydrogen-bond acceptors (Lipinski definition) is 3. The highest BCUT2D eigenvalue weighted by atomic mass is 35.5. The quantitative estimate of drug-likeness (QED) is 0.736. The molecule has 0 aliphatic rings. The molecule has 3 N–H and O–H groups in total. The lowest BCUT2D eigenvalue weighted by atomic mass is 10.1. The van der Waals surface area contributed by atoms with Gasteiger partial charge < -0.3 is 10.8 Å². The van der Waals surface area contributed by atoms with Crippen LogP contribution >= 0.6 is 35.8 Å².